The summed E-state index contributed by atoms with van der Waals surface area (Å²) in [5.41, 5.74) is 2.00. The van der Waals surface area contributed by atoms with Gasteiger partial charge in [0.1, 0.15) is 19.0 Å². The average Bonchev–Trinajstić information content (AvgIpc) is 2.72. The largest absolute Gasteiger partial charge is 0.508 e. The van der Waals surface area contributed by atoms with Gasteiger partial charge in [-0.1, -0.05) is 18.2 Å². The van der Waals surface area contributed by atoms with Gasteiger partial charge in [0, 0.05) is 38.8 Å². The lowest BCUT2D eigenvalue weighted by atomic mass is 10.1. The van der Waals surface area contributed by atoms with Crippen molar-refractivity contribution in [3.63, 3.8) is 0 Å². The topological polar surface area (TPSA) is 62.2 Å². The second-order valence-electron chi connectivity index (χ2n) is 7.01. The van der Waals surface area contributed by atoms with Gasteiger partial charge in [0.25, 0.3) is 0 Å². The third-order valence-electron chi connectivity index (χ3n) is 4.99. The van der Waals surface area contributed by atoms with E-state index in [0.29, 0.717) is 26.3 Å². The maximum absolute atomic E-state index is 12.5. The van der Waals surface area contributed by atoms with Gasteiger partial charge in [-0.15, -0.1) is 0 Å². The number of ether oxygens (including phenoxy) is 2. The first-order valence-corrected chi connectivity index (χ1v) is 9.54. The SMILES string of the molecule is O=C(/C=C/c1ccc2c(c1)OCCO2)N1CCN(Cc2cccc(O)c2)CC1. The molecule has 2 aromatic rings. The highest BCUT2D eigenvalue weighted by Crippen LogP contribution is 2.31. The molecule has 0 bridgehead atoms. The molecule has 2 aliphatic heterocycles. The number of phenols is 1. The van der Waals surface area contributed by atoms with Gasteiger partial charge >= 0.3 is 0 Å². The minimum atomic E-state index is 0.0203. The van der Waals surface area contributed by atoms with Gasteiger partial charge in [0.2, 0.25) is 5.91 Å². The number of benzene rings is 2. The summed E-state index contributed by atoms with van der Waals surface area (Å²) in [7, 11) is 0. The van der Waals surface area contributed by atoms with Crippen LogP contribution in [0.15, 0.2) is 48.5 Å². The minimum absolute atomic E-state index is 0.0203. The lowest BCUT2D eigenvalue weighted by Crippen LogP contribution is -2.47. The molecule has 6 heteroatoms. The van der Waals surface area contributed by atoms with Crippen molar-refractivity contribution in [2.75, 3.05) is 39.4 Å². The first kappa shape index (κ1) is 18.4. The number of hydrogen-bond donors (Lipinski definition) is 1. The van der Waals surface area contributed by atoms with Crippen LogP contribution in [0.2, 0.25) is 0 Å². The van der Waals surface area contributed by atoms with Gasteiger partial charge < -0.3 is 19.5 Å². The summed E-state index contributed by atoms with van der Waals surface area (Å²) < 4.78 is 11.1. The minimum Gasteiger partial charge on any atom is -0.508 e. The smallest absolute Gasteiger partial charge is 0.246 e. The van der Waals surface area contributed by atoms with Crippen LogP contribution in [-0.2, 0) is 11.3 Å². The van der Waals surface area contributed by atoms with Crippen LogP contribution in [0, 0.1) is 0 Å². The third-order valence-corrected chi connectivity index (χ3v) is 4.99. The number of carbonyl (C=O) groups is 1. The molecule has 0 aliphatic carbocycles. The first-order valence-electron chi connectivity index (χ1n) is 9.54. The summed E-state index contributed by atoms with van der Waals surface area (Å²) in [4.78, 5) is 16.7. The molecule has 28 heavy (non-hydrogen) atoms. The second kappa shape index (κ2) is 8.35. The predicted molar refractivity (Wildman–Crippen MR) is 106 cm³/mol. The van der Waals surface area contributed by atoms with E-state index < -0.39 is 0 Å². The van der Waals surface area contributed by atoms with Crippen LogP contribution in [0.1, 0.15) is 11.1 Å². The average molecular weight is 380 g/mol. The van der Waals surface area contributed by atoms with Crippen LogP contribution in [0.5, 0.6) is 17.2 Å². The Bertz CT molecular complexity index is 873. The summed E-state index contributed by atoms with van der Waals surface area (Å²) in [6, 6.07) is 13.0. The van der Waals surface area contributed by atoms with Crippen LogP contribution >= 0.6 is 0 Å². The quantitative estimate of drug-likeness (QED) is 0.826. The molecule has 0 aromatic heterocycles. The Morgan fingerprint density at radius 2 is 1.79 bits per heavy atom. The first-order chi connectivity index (χ1) is 13.7. The highest BCUT2D eigenvalue weighted by molar-refractivity contribution is 5.92. The Kier molecular flexibility index (Phi) is 5.48. The number of piperazine rings is 1. The van der Waals surface area contributed by atoms with Crippen LogP contribution in [-0.4, -0.2) is 60.2 Å². The number of nitrogens with zero attached hydrogens (tertiary/aromatic N) is 2. The summed E-state index contributed by atoms with van der Waals surface area (Å²) in [5, 5.41) is 9.58. The number of fused-ring (bicyclic) bond motifs is 1. The van der Waals surface area contributed by atoms with E-state index in [-0.39, 0.29) is 11.7 Å². The lowest BCUT2D eigenvalue weighted by Gasteiger charge is -2.34. The Balaban J connectivity index is 1.29. The molecular weight excluding hydrogens is 356 g/mol. The van der Waals surface area contributed by atoms with Crippen LogP contribution in [0.25, 0.3) is 6.08 Å². The predicted octanol–water partition coefficient (Wildman–Crippen LogP) is 2.52. The molecule has 0 atom stereocenters. The van der Waals surface area contributed by atoms with E-state index in [1.807, 2.05) is 41.3 Å². The molecule has 1 N–H and O–H groups in total. The summed E-state index contributed by atoms with van der Waals surface area (Å²) in [5.74, 6) is 1.78. The number of hydrogen-bond acceptors (Lipinski definition) is 5. The van der Waals surface area contributed by atoms with E-state index in [0.717, 1.165) is 42.3 Å². The normalized spacial score (nSPS) is 17.1. The van der Waals surface area contributed by atoms with Crippen molar-refractivity contribution in [3.8, 4) is 17.2 Å². The van der Waals surface area contributed by atoms with Crippen molar-refractivity contribution < 1.29 is 19.4 Å². The molecule has 1 saturated heterocycles. The molecule has 4 rings (SSSR count). The summed E-state index contributed by atoms with van der Waals surface area (Å²) >= 11 is 0. The summed E-state index contributed by atoms with van der Waals surface area (Å²) in [6.45, 7) is 4.93. The highest BCUT2D eigenvalue weighted by atomic mass is 16.6. The van der Waals surface area contributed by atoms with Crippen LogP contribution in [0.3, 0.4) is 0 Å². The zero-order valence-corrected chi connectivity index (χ0v) is 15.7. The molecule has 0 unspecified atom stereocenters. The van der Waals surface area contributed by atoms with Gasteiger partial charge in [0.15, 0.2) is 11.5 Å². The van der Waals surface area contributed by atoms with Crippen molar-refractivity contribution in [2.24, 2.45) is 0 Å². The number of phenolic OH excluding ortho intramolecular Hbond substituents is 1. The Labute approximate surface area is 164 Å². The molecule has 146 valence electrons. The van der Waals surface area contributed by atoms with Gasteiger partial charge in [0.05, 0.1) is 0 Å². The van der Waals surface area contributed by atoms with Crippen molar-refractivity contribution in [3.05, 3.63) is 59.7 Å². The van der Waals surface area contributed by atoms with E-state index in [9.17, 15) is 9.90 Å². The highest BCUT2D eigenvalue weighted by Gasteiger charge is 2.19. The zero-order valence-electron chi connectivity index (χ0n) is 15.7. The van der Waals surface area contributed by atoms with Gasteiger partial charge in [-0.25, -0.2) is 0 Å². The molecule has 1 fully saturated rings. The molecule has 0 radical (unpaired) electrons. The van der Waals surface area contributed by atoms with Crippen molar-refractivity contribution in [1.29, 1.82) is 0 Å². The molecule has 0 saturated carbocycles. The molecule has 2 aromatic carbocycles. The fourth-order valence-electron chi connectivity index (χ4n) is 3.48. The number of aromatic hydroxyl groups is 1. The zero-order chi connectivity index (χ0) is 19.3. The van der Waals surface area contributed by atoms with E-state index in [1.54, 1.807) is 18.2 Å². The molecule has 2 aliphatic rings. The Morgan fingerprint density at radius 1 is 1.00 bits per heavy atom. The van der Waals surface area contributed by atoms with Gasteiger partial charge in [-0.2, -0.15) is 0 Å². The van der Waals surface area contributed by atoms with Crippen molar-refractivity contribution in [2.45, 2.75) is 6.54 Å². The van der Waals surface area contributed by atoms with E-state index >= 15 is 0 Å². The molecule has 6 nitrogen and oxygen atoms in total. The number of carbonyl (C=O) groups excluding carboxylic acids is 1. The fourth-order valence-corrected chi connectivity index (χ4v) is 3.48. The maximum Gasteiger partial charge on any atom is 0.246 e. The molecule has 0 spiro atoms. The second-order valence-corrected chi connectivity index (χ2v) is 7.01. The Morgan fingerprint density at radius 3 is 2.57 bits per heavy atom. The van der Waals surface area contributed by atoms with Crippen LogP contribution < -0.4 is 9.47 Å². The molecular formula is C22H24N2O4. The molecule has 2 heterocycles. The number of amides is 1. The third kappa shape index (κ3) is 4.46. The van der Waals surface area contributed by atoms with Crippen LogP contribution in [0.4, 0.5) is 0 Å². The van der Waals surface area contributed by atoms with Crippen molar-refractivity contribution >= 4 is 12.0 Å². The maximum atomic E-state index is 12.5. The standard InChI is InChI=1S/C22H24N2O4/c25-19-3-1-2-18(14-19)16-23-8-10-24(11-9-23)22(26)7-5-17-4-6-20-21(15-17)28-13-12-27-20/h1-7,14-15,25H,8-13,16H2/b7-5+. The lowest BCUT2D eigenvalue weighted by molar-refractivity contribution is -0.127. The number of rotatable bonds is 4. The Hall–Kier alpha value is -2.99. The van der Waals surface area contributed by atoms with Gasteiger partial charge in [-0.3, -0.25) is 9.69 Å². The van der Waals surface area contributed by atoms with Crippen molar-refractivity contribution in [1.82, 2.24) is 9.80 Å². The monoisotopic (exact) mass is 380 g/mol. The molecule has 1 amide bonds. The van der Waals surface area contributed by atoms with E-state index in [2.05, 4.69) is 4.90 Å². The van der Waals surface area contributed by atoms with E-state index in [1.165, 1.54) is 0 Å². The van der Waals surface area contributed by atoms with Gasteiger partial charge in [-0.05, 0) is 41.5 Å². The summed E-state index contributed by atoms with van der Waals surface area (Å²) in [6.07, 6.45) is 3.44. The van der Waals surface area contributed by atoms with E-state index in [4.69, 9.17) is 9.47 Å². The fraction of sp³-hybridized carbons (Fsp3) is 0.318.